The van der Waals surface area contributed by atoms with E-state index in [1.807, 2.05) is 62.4 Å². The first-order valence-corrected chi connectivity index (χ1v) is 13.1. The summed E-state index contributed by atoms with van der Waals surface area (Å²) in [5, 5.41) is 3.19. The first-order valence-electron chi connectivity index (χ1n) is 13.1. The van der Waals surface area contributed by atoms with Gasteiger partial charge in [0.2, 0.25) is 5.95 Å². The maximum Gasteiger partial charge on any atom is 0.328 e. The second-order valence-electron chi connectivity index (χ2n) is 9.91. The summed E-state index contributed by atoms with van der Waals surface area (Å²) in [6, 6.07) is 20.9. The van der Waals surface area contributed by atoms with Crippen molar-refractivity contribution < 1.29 is 13.9 Å². The highest BCUT2D eigenvalue weighted by Gasteiger charge is 2.28. The van der Waals surface area contributed by atoms with Crippen LogP contribution in [0.1, 0.15) is 40.9 Å². The maximum atomic E-state index is 13.3. The highest BCUT2D eigenvalue weighted by Crippen LogP contribution is 2.36. The molecule has 1 aliphatic rings. The van der Waals surface area contributed by atoms with E-state index in [9.17, 15) is 9.18 Å². The molecule has 7 nitrogen and oxygen atoms in total. The number of hydrogen-bond acceptors (Lipinski definition) is 7. The molecule has 2 atom stereocenters. The van der Waals surface area contributed by atoms with Crippen molar-refractivity contribution in [3.05, 3.63) is 107 Å². The van der Waals surface area contributed by atoms with Crippen LogP contribution in [-0.4, -0.2) is 28.5 Å². The summed E-state index contributed by atoms with van der Waals surface area (Å²) in [7, 11) is 0. The molecule has 0 aliphatic carbocycles. The lowest BCUT2D eigenvalue weighted by molar-refractivity contribution is -0.135. The molecule has 200 valence electrons. The van der Waals surface area contributed by atoms with Gasteiger partial charge in [0.1, 0.15) is 23.4 Å². The monoisotopic (exact) mass is 525 g/mol. The van der Waals surface area contributed by atoms with E-state index < -0.39 is 12.0 Å². The zero-order valence-electron chi connectivity index (χ0n) is 22.3. The number of rotatable bonds is 7. The first-order chi connectivity index (χ1) is 18.8. The number of esters is 1. The van der Waals surface area contributed by atoms with E-state index in [0.717, 1.165) is 46.7 Å². The van der Waals surface area contributed by atoms with E-state index in [4.69, 9.17) is 15.5 Å². The smallest absolute Gasteiger partial charge is 0.328 e. The molecule has 39 heavy (non-hydrogen) atoms. The van der Waals surface area contributed by atoms with Gasteiger partial charge in [-0.1, -0.05) is 36.4 Å². The lowest BCUT2D eigenvalue weighted by atomic mass is 9.93. The third-order valence-electron chi connectivity index (χ3n) is 7.21. The molecule has 0 saturated heterocycles. The minimum atomic E-state index is -0.737. The van der Waals surface area contributed by atoms with E-state index in [0.29, 0.717) is 23.8 Å². The third-order valence-corrected chi connectivity index (χ3v) is 7.21. The summed E-state index contributed by atoms with van der Waals surface area (Å²) in [4.78, 5) is 24.3. The Hall–Kier alpha value is -4.30. The summed E-state index contributed by atoms with van der Waals surface area (Å²) >= 11 is 0. The Morgan fingerprint density at radius 1 is 1.10 bits per heavy atom. The number of carbonyl (C=O) groups excluding carboxylic acids is 1. The van der Waals surface area contributed by atoms with Gasteiger partial charge in [-0.2, -0.15) is 4.98 Å². The van der Waals surface area contributed by atoms with Gasteiger partial charge in [-0.15, -0.1) is 0 Å². The Balaban J connectivity index is 1.31. The number of aryl methyl sites for hydroxylation is 1. The standard InChI is InChI=1S/C31H32FN5O2/c1-19-20(2)34-31(35-25-11-9-24(32)10-12-25)36-29(19)37-16-15-23-18-26(13-14-27(23)21(37)3)39-30(38)28(33)17-22-7-5-4-6-8-22/h4-14,18,21,28H,15-17,33H2,1-3H3,(H,34,35,36). The molecule has 0 fully saturated rings. The predicted octanol–water partition coefficient (Wildman–Crippen LogP) is 5.58. The summed E-state index contributed by atoms with van der Waals surface area (Å²) in [6.45, 7) is 6.87. The first kappa shape index (κ1) is 26.3. The summed E-state index contributed by atoms with van der Waals surface area (Å²) < 4.78 is 19.0. The van der Waals surface area contributed by atoms with E-state index in [2.05, 4.69) is 22.1 Å². The van der Waals surface area contributed by atoms with E-state index in [-0.39, 0.29) is 11.9 Å². The largest absolute Gasteiger partial charge is 0.425 e. The average molecular weight is 526 g/mol. The Kier molecular flexibility index (Phi) is 7.56. The normalized spacial score (nSPS) is 15.4. The molecule has 1 aliphatic heterocycles. The lowest BCUT2D eigenvalue weighted by Crippen LogP contribution is -2.37. The Morgan fingerprint density at radius 2 is 1.85 bits per heavy atom. The number of nitrogens with one attached hydrogen (secondary N) is 1. The van der Waals surface area contributed by atoms with Crippen molar-refractivity contribution in [1.82, 2.24) is 9.97 Å². The Morgan fingerprint density at radius 3 is 2.59 bits per heavy atom. The van der Waals surface area contributed by atoms with Crippen molar-refractivity contribution in [2.45, 2.75) is 45.7 Å². The fourth-order valence-electron chi connectivity index (χ4n) is 4.92. The summed E-state index contributed by atoms with van der Waals surface area (Å²) in [5.74, 6) is 1.08. The number of carbonyl (C=O) groups is 1. The number of nitrogens with two attached hydrogens (primary N) is 1. The van der Waals surface area contributed by atoms with Crippen molar-refractivity contribution in [2.24, 2.45) is 5.73 Å². The van der Waals surface area contributed by atoms with Gasteiger partial charge in [-0.05, 0) is 86.7 Å². The van der Waals surface area contributed by atoms with Crippen molar-refractivity contribution in [3.63, 3.8) is 0 Å². The van der Waals surface area contributed by atoms with Crippen LogP contribution in [0.4, 0.5) is 21.8 Å². The predicted molar refractivity (Wildman–Crippen MR) is 151 cm³/mol. The molecule has 0 spiro atoms. The summed E-state index contributed by atoms with van der Waals surface area (Å²) in [6.07, 6.45) is 1.19. The second-order valence-corrected chi connectivity index (χ2v) is 9.91. The number of aromatic nitrogens is 2. The van der Waals surface area contributed by atoms with Crippen LogP contribution >= 0.6 is 0 Å². The van der Waals surface area contributed by atoms with Gasteiger partial charge in [-0.25, -0.2) is 14.2 Å². The van der Waals surface area contributed by atoms with Crippen LogP contribution < -0.4 is 20.7 Å². The van der Waals surface area contributed by atoms with Crippen molar-refractivity contribution >= 4 is 23.4 Å². The number of nitrogens with zero attached hydrogens (tertiary/aromatic N) is 3. The fraction of sp³-hybridized carbons (Fsp3) is 0.258. The molecule has 2 heterocycles. The Labute approximate surface area is 227 Å². The fourth-order valence-corrected chi connectivity index (χ4v) is 4.92. The number of fused-ring (bicyclic) bond motifs is 1. The number of benzene rings is 3. The average Bonchev–Trinajstić information content (AvgIpc) is 2.93. The van der Waals surface area contributed by atoms with Crippen LogP contribution in [0.25, 0.3) is 0 Å². The minimum absolute atomic E-state index is 0.0468. The molecule has 3 N–H and O–H groups in total. The molecule has 0 bridgehead atoms. The van der Waals surface area contributed by atoms with Gasteiger partial charge in [0.25, 0.3) is 0 Å². The number of halogens is 1. The Bertz CT molecular complexity index is 1480. The van der Waals surface area contributed by atoms with Crippen LogP contribution in [0.5, 0.6) is 5.75 Å². The van der Waals surface area contributed by atoms with Crippen LogP contribution in [-0.2, 0) is 17.6 Å². The highest BCUT2D eigenvalue weighted by molar-refractivity contribution is 5.78. The molecule has 3 aromatic carbocycles. The van der Waals surface area contributed by atoms with Crippen molar-refractivity contribution in [3.8, 4) is 5.75 Å². The number of ether oxygens (including phenoxy) is 1. The highest BCUT2D eigenvalue weighted by atomic mass is 19.1. The van der Waals surface area contributed by atoms with Gasteiger partial charge >= 0.3 is 5.97 Å². The molecule has 0 radical (unpaired) electrons. The van der Waals surface area contributed by atoms with E-state index in [1.165, 1.54) is 12.1 Å². The molecule has 0 saturated carbocycles. The van der Waals surface area contributed by atoms with Gasteiger partial charge in [0.15, 0.2) is 0 Å². The topological polar surface area (TPSA) is 93.4 Å². The molecule has 4 aromatic rings. The maximum absolute atomic E-state index is 13.3. The molecular formula is C31H32FN5O2. The quantitative estimate of drug-likeness (QED) is 0.240. The van der Waals surface area contributed by atoms with Crippen molar-refractivity contribution in [1.29, 1.82) is 0 Å². The van der Waals surface area contributed by atoms with E-state index in [1.54, 1.807) is 12.1 Å². The second kappa shape index (κ2) is 11.2. The van der Waals surface area contributed by atoms with Gasteiger partial charge in [0.05, 0.1) is 6.04 Å². The molecule has 1 aromatic heterocycles. The molecule has 0 amide bonds. The lowest BCUT2D eigenvalue weighted by Gasteiger charge is -2.37. The molecule has 2 unspecified atom stereocenters. The zero-order chi connectivity index (χ0) is 27.5. The van der Waals surface area contributed by atoms with Crippen LogP contribution in [0.3, 0.4) is 0 Å². The van der Waals surface area contributed by atoms with Gasteiger partial charge in [-0.3, -0.25) is 0 Å². The number of anilines is 3. The third kappa shape index (κ3) is 5.91. The van der Waals surface area contributed by atoms with Gasteiger partial charge < -0.3 is 20.7 Å². The van der Waals surface area contributed by atoms with Crippen LogP contribution in [0.15, 0.2) is 72.8 Å². The molecular weight excluding hydrogens is 493 g/mol. The minimum Gasteiger partial charge on any atom is -0.425 e. The van der Waals surface area contributed by atoms with Crippen LogP contribution in [0, 0.1) is 19.7 Å². The van der Waals surface area contributed by atoms with Gasteiger partial charge in [0, 0.05) is 23.5 Å². The van der Waals surface area contributed by atoms with Crippen molar-refractivity contribution in [2.75, 3.05) is 16.8 Å². The SMILES string of the molecule is Cc1nc(Nc2ccc(F)cc2)nc(N2CCc3cc(OC(=O)C(N)Cc4ccccc4)ccc3C2C)c1C. The molecule has 5 rings (SSSR count). The zero-order valence-corrected chi connectivity index (χ0v) is 22.3. The van der Waals surface area contributed by atoms with E-state index >= 15 is 0 Å². The number of hydrogen-bond donors (Lipinski definition) is 2. The van der Waals surface area contributed by atoms with Crippen LogP contribution in [0.2, 0.25) is 0 Å². The summed E-state index contributed by atoms with van der Waals surface area (Å²) in [5.41, 5.74) is 12.0. The molecule has 8 heteroatoms.